The molecule has 1 saturated carbocycles. The van der Waals surface area contributed by atoms with E-state index in [0.717, 1.165) is 38.3 Å². The van der Waals surface area contributed by atoms with Gasteiger partial charge in [-0.2, -0.15) is 0 Å². The van der Waals surface area contributed by atoms with Crippen molar-refractivity contribution in [1.29, 1.82) is 0 Å². The van der Waals surface area contributed by atoms with Gasteiger partial charge < -0.3 is 15.0 Å². The summed E-state index contributed by atoms with van der Waals surface area (Å²) in [6.45, 7) is 2.45. The predicted molar refractivity (Wildman–Crippen MR) is 81.4 cm³/mol. The van der Waals surface area contributed by atoms with Crippen molar-refractivity contribution in [2.24, 2.45) is 11.8 Å². The summed E-state index contributed by atoms with van der Waals surface area (Å²) in [5.41, 5.74) is 0. The predicted octanol–water partition coefficient (Wildman–Crippen LogP) is 0.987. The second kappa shape index (κ2) is 5.83. The number of aromatic nitrogens is 2. The number of rotatable bonds is 4. The number of carbonyl (C=O) groups is 1. The molecule has 1 N–H and O–H groups in total. The Kier molecular flexibility index (Phi) is 3.70. The highest BCUT2D eigenvalue weighted by Gasteiger charge is 2.42. The van der Waals surface area contributed by atoms with Crippen LogP contribution in [-0.2, 0) is 9.53 Å². The van der Waals surface area contributed by atoms with Crippen molar-refractivity contribution in [3.8, 4) is 0 Å². The quantitative estimate of drug-likeness (QED) is 0.898. The highest BCUT2D eigenvalue weighted by atomic mass is 16.5. The van der Waals surface area contributed by atoms with Gasteiger partial charge in [0.15, 0.2) is 0 Å². The standard InChI is InChI=1S/C16H22N4O2/c21-15(11-3-1-4-11)19-8-13-7-12-9-20(10-14(12)22-13)16-17-5-2-6-18-16/h2,5-6,11-14H,1,3-4,7-10H2,(H,19,21)/t12-,13-,14+/m1/s1. The first-order chi connectivity index (χ1) is 10.8. The molecule has 0 unspecified atom stereocenters. The summed E-state index contributed by atoms with van der Waals surface area (Å²) in [6, 6.07) is 1.83. The first-order valence-corrected chi connectivity index (χ1v) is 8.25. The Morgan fingerprint density at radius 2 is 2.14 bits per heavy atom. The van der Waals surface area contributed by atoms with Crippen molar-refractivity contribution in [1.82, 2.24) is 15.3 Å². The third-order valence-electron chi connectivity index (χ3n) is 5.13. The molecule has 6 nitrogen and oxygen atoms in total. The fraction of sp³-hybridized carbons (Fsp3) is 0.688. The molecule has 0 radical (unpaired) electrons. The van der Waals surface area contributed by atoms with Gasteiger partial charge in [0.25, 0.3) is 0 Å². The van der Waals surface area contributed by atoms with E-state index in [2.05, 4.69) is 20.2 Å². The van der Waals surface area contributed by atoms with Gasteiger partial charge in [0.1, 0.15) is 0 Å². The zero-order chi connectivity index (χ0) is 14.9. The molecule has 22 heavy (non-hydrogen) atoms. The van der Waals surface area contributed by atoms with Gasteiger partial charge in [0.05, 0.1) is 12.2 Å². The zero-order valence-corrected chi connectivity index (χ0v) is 12.6. The Bertz CT molecular complexity index is 520. The fourth-order valence-corrected chi connectivity index (χ4v) is 3.64. The fourth-order valence-electron chi connectivity index (χ4n) is 3.64. The van der Waals surface area contributed by atoms with Gasteiger partial charge in [-0.1, -0.05) is 6.42 Å². The van der Waals surface area contributed by atoms with Crippen LogP contribution in [0.15, 0.2) is 18.5 Å². The van der Waals surface area contributed by atoms with Crippen LogP contribution in [0.2, 0.25) is 0 Å². The van der Waals surface area contributed by atoms with Gasteiger partial charge in [-0.3, -0.25) is 4.79 Å². The molecule has 1 aliphatic carbocycles. The van der Waals surface area contributed by atoms with Gasteiger partial charge in [0.2, 0.25) is 11.9 Å². The Morgan fingerprint density at radius 1 is 1.32 bits per heavy atom. The van der Waals surface area contributed by atoms with Crippen LogP contribution >= 0.6 is 0 Å². The first-order valence-electron chi connectivity index (χ1n) is 8.25. The molecule has 2 aliphatic heterocycles. The maximum atomic E-state index is 11.9. The topological polar surface area (TPSA) is 67.4 Å². The van der Waals surface area contributed by atoms with E-state index < -0.39 is 0 Å². The molecule has 0 aromatic carbocycles. The third-order valence-corrected chi connectivity index (χ3v) is 5.13. The molecular weight excluding hydrogens is 280 g/mol. The number of carbonyl (C=O) groups excluding carboxylic acids is 1. The molecule has 0 bridgehead atoms. The summed E-state index contributed by atoms with van der Waals surface area (Å²) in [6.07, 6.45) is 8.26. The number of hydrogen-bond donors (Lipinski definition) is 1. The van der Waals surface area contributed by atoms with Gasteiger partial charge in [-0.05, 0) is 25.3 Å². The molecule has 1 aromatic rings. The summed E-state index contributed by atoms with van der Waals surface area (Å²) >= 11 is 0. The summed E-state index contributed by atoms with van der Waals surface area (Å²) in [5.74, 6) is 1.78. The van der Waals surface area contributed by atoms with Crippen LogP contribution in [0, 0.1) is 11.8 Å². The molecule has 1 amide bonds. The third kappa shape index (κ3) is 2.67. The number of amides is 1. The molecular formula is C16H22N4O2. The van der Waals surface area contributed by atoms with Gasteiger partial charge in [-0.25, -0.2) is 9.97 Å². The van der Waals surface area contributed by atoms with E-state index in [1.165, 1.54) is 6.42 Å². The lowest BCUT2D eigenvalue weighted by Gasteiger charge is -2.25. The Morgan fingerprint density at radius 3 is 2.82 bits per heavy atom. The van der Waals surface area contributed by atoms with Crippen molar-refractivity contribution in [3.05, 3.63) is 18.5 Å². The van der Waals surface area contributed by atoms with Gasteiger partial charge in [0, 0.05) is 43.9 Å². The van der Waals surface area contributed by atoms with Crippen molar-refractivity contribution >= 4 is 11.9 Å². The minimum absolute atomic E-state index is 0.165. The summed E-state index contributed by atoms with van der Waals surface area (Å²) in [5, 5.41) is 3.06. The maximum absolute atomic E-state index is 11.9. The van der Waals surface area contributed by atoms with E-state index in [9.17, 15) is 4.79 Å². The number of nitrogens with one attached hydrogen (secondary N) is 1. The normalized spacial score (nSPS) is 30.9. The van der Waals surface area contributed by atoms with Crippen LogP contribution in [0.1, 0.15) is 25.7 Å². The van der Waals surface area contributed by atoms with Gasteiger partial charge >= 0.3 is 0 Å². The largest absolute Gasteiger partial charge is 0.371 e. The van der Waals surface area contributed by atoms with E-state index in [-0.39, 0.29) is 24.0 Å². The monoisotopic (exact) mass is 302 g/mol. The van der Waals surface area contributed by atoms with E-state index in [4.69, 9.17) is 4.74 Å². The first kappa shape index (κ1) is 13.9. The molecule has 3 atom stereocenters. The van der Waals surface area contributed by atoms with E-state index in [1.54, 1.807) is 12.4 Å². The zero-order valence-electron chi connectivity index (χ0n) is 12.6. The summed E-state index contributed by atoms with van der Waals surface area (Å²) in [7, 11) is 0. The van der Waals surface area contributed by atoms with Crippen molar-refractivity contribution in [3.63, 3.8) is 0 Å². The molecule has 118 valence electrons. The van der Waals surface area contributed by atoms with Crippen LogP contribution in [0.25, 0.3) is 0 Å². The van der Waals surface area contributed by atoms with Crippen LogP contribution in [0.3, 0.4) is 0 Å². The van der Waals surface area contributed by atoms with Crippen LogP contribution in [0.5, 0.6) is 0 Å². The van der Waals surface area contributed by atoms with Crippen LogP contribution < -0.4 is 10.2 Å². The lowest BCUT2D eigenvalue weighted by Crippen LogP contribution is -2.39. The Hall–Kier alpha value is -1.69. The number of hydrogen-bond acceptors (Lipinski definition) is 5. The van der Waals surface area contributed by atoms with Crippen LogP contribution in [0.4, 0.5) is 5.95 Å². The van der Waals surface area contributed by atoms with Crippen molar-refractivity contribution in [2.45, 2.75) is 37.9 Å². The molecule has 2 saturated heterocycles. The minimum atomic E-state index is 0.165. The van der Waals surface area contributed by atoms with E-state index in [1.807, 2.05) is 6.07 Å². The number of fused-ring (bicyclic) bond motifs is 1. The molecule has 3 fully saturated rings. The molecule has 4 rings (SSSR count). The van der Waals surface area contributed by atoms with Gasteiger partial charge in [-0.15, -0.1) is 0 Å². The van der Waals surface area contributed by atoms with E-state index in [0.29, 0.717) is 12.5 Å². The van der Waals surface area contributed by atoms with Crippen molar-refractivity contribution < 1.29 is 9.53 Å². The summed E-state index contributed by atoms with van der Waals surface area (Å²) in [4.78, 5) is 22.7. The SMILES string of the molecule is O=C(NC[C@H]1C[C@@H]2CN(c3ncccn3)C[C@@H]2O1)C1CCC1. The average molecular weight is 302 g/mol. The molecule has 1 aromatic heterocycles. The second-order valence-electron chi connectivity index (χ2n) is 6.62. The minimum Gasteiger partial charge on any atom is -0.371 e. The lowest BCUT2D eigenvalue weighted by atomic mass is 9.85. The summed E-state index contributed by atoms with van der Waals surface area (Å²) < 4.78 is 6.11. The lowest BCUT2D eigenvalue weighted by molar-refractivity contribution is -0.128. The van der Waals surface area contributed by atoms with E-state index >= 15 is 0 Å². The average Bonchev–Trinajstić information content (AvgIpc) is 3.02. The number of anilines is 1. The molecule has 3 heterocycles. The molecule has 3 aliphatic rings. The Balaban J connectivity index is 1.26. The Labute approximate surface area is 130 Å². The highest BCUT2D eigenvalue weighted by Crippen LogP contribution is 2.34. The van der Waals surface area contributed by atoms with Crippen LogP contribution in [-0.4, -0.2) is 47.7 Å². The molecule has 0 spiro atoms. The molecule has 6 heteroatoms. The number of ether oxygens (including phenoxy) is 1. The van der Waals surface area contributed by atoms with Crippen molar-refractivity contribution in [2.75, 3.05) is 24.5 Å². The maximum Gasteiger partial charge on any atom is 0.225 e. The highest BCUT2D eigenvalue weighted by molar-refractivity contribution is 5.79. The number of nitrogens with zero attached hydrogens (tertiary/aromatic N) is 3. The smallest absolute Gasteiger partial charge is 0.225 e. The second-order valence-corrected chi connectivity index (χ2v) is 6.62.